The molecule has 3 nitrogen and oxygen atoms in total. The minimum atomic E-state index is 0.566. The number of thiocarbonyl (C=S) groups is 1. The number of nitrogens with zero attached hydrogens (tertiary/aromatic N) is 1. The minimum Gasteiger partial charge on any atom is -0.383 e. The van der Waals surface area contributed by atoms with Crippen LogP contribution in [0.2, 0.25) is 0 Å². The molecule has 1 saturated heterocycles. The maximum atomic E-state index is 5.36. The monoisotopic (exact) mass is 230 g/mol. The van der Waals surface area contributed by atoms with E-state index in [1.54, 1.807) is 7.11 Å². The Morgan fingerprint density at radius 2 is 2.27 bits per heavy atom. The van der Waals surface area contributed by atoms with Gasteiger partial charge in [-0.1, -0.05) is 6.92 Å². The number of likely N-dealkylation sites (tertiary alicyclic amines) is 1. The van der Waals surface area contributed by atoms with E-state index in [1.807, 2.05) is 0 Å². The summed E-state index contributed by atoms with van der Waals surface area (Å²) in [6.07, 6.45) is 2.49. The van der Waals surface area contributed by atoms with Crippen LogP contribution in [0.25, 0.3) is 0 Å². The van der Waals surface area contributed by atoms with Crippen LogP contribution in [0, 0.1) is 5.92 Å². The molecule has 0 amide bonds. The van der Waals surface area contributed by atoms with Gasteiger partial charge >= 0.3 is 0 Å². The highest BCUT2D eigenvalue weighted by molar-refractivity contribution is 7.80. The van der Waals surface area contributed by atoms with Gasteiger partial charge in [0.1, 0.15) is 0 Å². The summed E-state index contributed by atoms with van der Waals surface area (Å²) in [6, 6.07) is 0.566. The second kappa shape index (κ2) is 6.28. The van der Waals surface area contributed by atoms with Crippen molar-refractivity contribution in [3.05, 3.63) is 0 Å². The summed E-state index contributed by atoms with van der Waals surface area (Å²) in [5.74, 6) is 0.832. The molecule has 2 unspecified atom stereocenters. The predicted molar refractivity (Wildman–Crippen MR) is 67.0 cm³/mol. The van der Waals surface area contributed by atoms with Gasteiger partial charge in [0.2, 0.25) is 0 Å². The largest absolute Gasteiger partial charge is 0.383 e. The maximum Gasteiger partial charge on any atom is 0.169 e. The van der Waals surface area contributed by atoms with Crippen LogP contribution in [0.5, 0.6) is 0 Å². The molecule has 4 heteroatoms. The zero-order valence-electron chi connectivity index (χ0n) is 9.95. The topological polar surface area (TPSA) is 24.5 Å². The van der Waals surface area contributed by atoms with Crippen molar-refractivity contribution >= 4 is 17.3 Å². The average Bonchev–Trinajstić information content (AvgIpc) is 2.17. The number of hydrogen-bond donors (Lipinski definition) is 1. The van der Waals surface area contributed by atoms with Gasteiger partial charge in [-0.15, -0.1) is 0 Å². The first-order chi connectivity index (χ1) is 7.15. The molecule has 0 aromatic heterocycles. The molecule has 0 radical (unpaired) electrons. The van der Waals surface area contributed by atoms with Crippen LogP contribution in [0.3, 0.4) is 0 Å². The van der Waals surface area contributed by atoms with Crippen LogP contribution in [0.15, 0.2) is 0 Å². The van der Waals surface area contributed by atoms with Crippen LogP contribution >= 0.6 is 12.2 Å². The van der Waals surface area contributed by atoms with E-state index in [9.17, 15) is 0 Å². The lowest BCUT2D eigenvalue weighted by atomic mass is 9.94. The van der Waals surface area contributed by atoms with E-state index in [-0.39, 0.29) is 0 Å². The third kappa shape index (κ3) is 3.95. The van der Waals surface area contributed by atoms with Gasteiger partial charge in [-0.3, -0.25) is 0 Å². The highest BCUT2D eigenvalue weighted by Gasteiger charge is 2.24. The van der Waals surface area contributed by atoms with Crippen molar-refractivity contribution in [2.24, 2.45) is 5.92 Å². The SMILES string of the molecule is COCCNC(=S)N1CCC(C)CC1C. The summed E-state index contributed by atoms with van der Waals surface area (Å²) in [5, 5.41) is 4.11. The fourth-order valence-corrected chi connectivity index (χ4v) is 2.44. The lowest BCUT2D eigenvalue weighted by Crippen LogP contribution is -2.49. The zero-order chi connectivity index (χ0) is 11.3. The quantitative estimate of drug-likeness (QED) is 0.588. The number of nitrogens with one attached hydrogen (secondary N) is 1. The Morgan fingerprint density at radius 3 is 2.87 bits per heavy atom. The Hall–Kier alpha value is -0.350. The molecule has 2 atom stereocenters. The third-order valence-corrected chi connectivity index (χ3v) is 3.36. The van der Waals surface area contributed by atoms with Crippen LogP contribution in [-0.4, -0.2) is 42.9 Å². The zero-order valence-corrected chi connectivity index (χ0v) is 10.8. The van der Waals surface area contributed by atoms with E-state index in [1.165, 1.54) is 12.8 Å². The van der Waals surface area contributed by atoms with E-state index in [0.29, 0.717) is 12.6 Å². The number of hydrogen-bond acceptors (Lipinski definition) is 2. The minimum absolute atomic E-state index is 0.566. The molecule has 0 spiro atoms. The molecular weight excluding hydrogens is 208 g/mol. The van der Waals surface area contributed by atoms with Gasteiger partial charge in [-0.25, -0.2) is 0 Å². The number of methoxy groups -OCH3 is 1. The lowest BCUT2D eigenvalue weighted by Gasteiger charge is -2.38. The molecule has 1 fully saturated rings. The predicted octanol–water partition coefficient (Wildman–Crippen LogP) is 1.63. The Balaban J connectivity index is 2.32. The Kier molecular flexibility index (Phi) is 5.32. The number of piperidine rings is 1. The maximum absolute atomic E-state index is 5.36. The van der Waals surface area contributed by atoms with Gasteiger partial charge in [-0.05, 0) is 37.9 Å². The van der Waals surface area contributed by atoms with Gasteiger partial charge < -0.3 is 15.0 Å². The molecule has 1 aliphatic heterocycles. The smallest absolute Gasteiger partial charge is 0.169 e. The molecule has 0 bridgehead atoms. The van der Waals surface area contributed by atoms with E-state index in [4.69, 9.17) is 17.0 Å². The molecule has 1 rings (SSSR count). The Morgan fingerprint density at radius 1 is 1.53 bits per heavy atom. The molecule has 0 aromatic carbocycles. The molecular formula is C11H22N2OS. The van der Waals surface area contributed by atoms with E-state index in [0.717, 1.165) is 24.1 Å². The molecule has 0 aromatic rings. The van der Waals surface area contributed by atoms with Crippen LogP contribution in [0.4, 0.5) is 0 Å². The van der Waals surface area contributed by atoms with E-state index < -0.39 is 0 Å². The molecule has 88 valence electrons. The highest BCUT2D eigenvalue weighted by Crippen LogP contribution is 2.21. The van der Waals surface area contributed by atoms with Crippen molar-refractivity contribution in [3.8, 4) is 0 Å². The van der Waals surface area contributed by atoms with Crippen molar-refractivity contribution in [1.82, 2.24) is 10.2 Å². The summed E-state index contributed by atoms with van der Waals surface area (Å²) >= 11 is 5.36. The highest BCUT2D eigenvalue weighted by atomic mass is 32.1. The molecule has 1 N–H and O–H groups in total. The van der Waals surface area contributed by atoms with Crippen molar-refractivity contribution in [2.45, 2.75) is 32.7 Å². The number of ether oxygens (including phenoxy) is 1. The van der Waals surface area contributed by atoms with Gasteiger partial charge in [0, 0.05) is 26.2 Å². The molecule has 15 heavy (non-hydrogen) atoms. The molecule has 1 heterocycles. The van der Waals surface area contributed by atoms with Crippen LogP contribution in [0.1, 0.15) is 26.7 Å². The van der Waals surface area contributed by atoms with E-state index >= 15 is 0 Å². The van der Waals surface area contributed by atoms with Crippen molar-refractivity contribution in [2.75, 3.05) is 26.8 Å². The lowest BCUT2D eigenvalue weighted by molar-refractivity contribution is 0.193. The van der Waals surface area contributed by atoms with E-state index in [2.05, 4.69) is 24.1 Å². The Labute approximate surface area is 98.2 Å². The summed E-state index contributed by atoms with van der Waals surface area (Å²) in [6.45, 7) is 7.16. The average molecular weight is 230 g/mol. The summed E-state index contributed by atoms with van der Waals surface area (Å²) in [4.78, 5) is 2.30. The van der Waals surface area contributed by atoms with Crippen molar-refractivity contribution in [1.29, 1.82) is 0 Å². The fraction of sp³-hybridized carbons (Fsp3) is 0.909. The molecule has 0 saturated carbocycles. The molecule has 1 aliphatic rings. The summed E-state index contributed by atoms with van der Waals surface area (Å²) in [5.41, 5.74) is 0. The van der Waals surface area contributed by atoms with Crippen molar-refractivity contribution in [3.63, 3.8) is 0 Å². The van der Waals surface area contributed by atoms with Gasteiger partial charge in [0.15, 0.2) is 5.11 Å². The van der Waals surface area contributed by atoms with Gasteiger partial charge in [0.05, 0.1) is 6.61 Å². The van der Waals surface area contributed by atoms with Gasteiger partial charge in [-0.2, -0.15) is 0 Å². The van der Waals surface area contributed by atoms with Gasteiger partial charge in [0.25, 0.3) is 0 Å². The number of rotatable bonds is 3. The van der Waals surface area contributed by atoms with Crippen LogP contribution < -0.4 is 5.32 Å². The standard InChI is InChI=1S/C11H22N2OS/c1-9-4-6-13(10(2)8-9)11(15)12-5-7-14-3/h9-10H,4-8H2,1-3H3,(H,12,15). The molecule has 0 aliphatic carbocycles. The normalized spacial score (nSPS) is 26.5. The van der Waals surface area contributed by atoms with Crippen molar-refractivity contribution < 1.29 is 4.74 Å². The summed E-state index contributed by atoms with van der Waals surface area (Å²) < 4.78 is 4.98. The first kappa shape index (κ1) is 12.7. The first-order valence-electron chi connectivity index (χ1n) is 5.68. The second-order valence-corrected chi connectivity index (χ2v) is 4.78. The third-order valence-electron chi connectivity index (χ3n) is 2.98. The first-order valence-corrected chi connectivity index (χ1v) is 6.09. The second-order valence-electron chi connectivity index (χ2n) is 4.40. The fourth-order valence-electron chi connectivity index (χ4n) is 2.07. The Bertz CT molecular complexity index is 211. The van der Waals surface area contributed by atoms with Crippen LogP contribution in [-0.2, 0) is 4.74 Å². The summed E-state index contributed by atoms with van der Waals surface area (Å²) in [7, 11) is 1.70.